The van der Waals surface area contributed by atoms with Crippen LogP contribution in [-0.2, 0) is 10.2 Å². The summed E-state index contributed by atoms with van der Waals surface area (Å²) in [5.41, 5.74) is 4.17. The largest absolute Gasteiger partial charge is 0.491 e. The van der Waals surface area contributed by atoms with Gasteiger partial charge in [-0.15, -0.1) is 0 Å². The molecule has 0 bridgehead atoms. The Morgan fingerprint density at radius 1 is 0.944 bits per heavy atom. The lowest BCUT2D eigenvalue weighted by atomic mass is 9.72. The summed E-state index contributed by atoms with van der Waals surface area (Å²) in [5, 5.41) is 11.2. The van der Waals surface area contributed by atoms with Gasteiger partial charge in [0.25, 0.3) is 0 Å². The fourth-order valence-electron chi connectivity index (χ4n) is 5.31. The number of aryl methyl sites for hydroxylation is 1. The summed E-state index contributed by atoms with van der Waals surface area (Å²) in [6.45, 7) is 19.1. The molecule has 0 amide bonds. The van der Waals surface area contributed by atoms with E-state index in [1.807, 2.05) is 24.3 Å². The van der Waals surface area contributed by atoms with Crippen molar-refractivity contribution in [3.05, 3.63) is 58.6 Å². The second kappa shape index (κ2) is 12.6. The highest BCUT2D eigenvalue weighted by Gasteiger charge is 2.27. The number of β-amino-alcohol motifs (C(OH)–C–C–N with tert-alkyl or cyclic N) is 1. The molecule has 1 aliphatic heterocycles. The number of nitrogens with zero attached hydrogens (tertiary/aromatic N) is 2. The summed E-state index contributed by atoms with van der Waals surface area (Å²) in [6.07, 6.45) is 0.613. The maximum absolute atomic E-state index is 10.4. The minimum Gasteiger partial charge on any atom is -0.491 e. The van der Waals surface area contributed by atoms with Crippen LogP contribution in [0.2, 0.25) is 5.02 Å². The van der Waals surface area contributed by atoms with Gasteiger partial charge in [-0.3, -0.25) is 4.90 Å². The molecule has 2 aromatic carbocycles. The Balaban J connectivity index is 1.31. The normalized spacial score (nSPS) is 16.3. The van der Waals surface area contributed by atoms with Gasteiger partial charge in [-0.2, -0.15) is 0 Å². The summed E-state index contributed by atoms with van der Waals surface area (Å²) in [6, 6.07) is 14.5. The van der Waals surface area contributed by atoms with Crippen LogP contribution in [0, 0.1) is 12.3 Å². The number of rotatable bonds is 11. The number of halogens is 1. The third-order valence-electron chi connectivity index (χ3n) is 6.77. The topological polar surface area (TPSA) is 45.2 Å². The van der Waals surface area contributed by atoms with Crippen LogP contribution in [-0.4, -0.2) is 68.7 Å². The smallest absolute Gasteiger partial charge is 0.119 e. The van der Waals surface area contributed by atoms with Crippen molar-refractivity contribution in [3.8, 4) is 5.75 Å². The molecule has 36 heavy (non-hydrogen) atoms. The van der Waals surface area contributed by atoms with Gasteiger partial charge in [0.2, 0.25) is 0 Å². The molecule has 5 nitrogen and oxygen atoms in total. The van der Waals surface area contributed by atoms with Gasteiger partial charge in [0, 0.05) is 43.4 Å². The first-order chi connectivity index (χ1) is 16.9. The second-order valence-electron chi connectivity index (χ2n) is 11.9. The van der Waals surface area contributed by atoms with E-state index in [0.29, 0.717) is 26.4 Å². The third kappa shape index (κ3) is 8.95. The van der Waals surface area contributed by atoms with Crippen molar-refractivity contribution < 1.29 is 14.6 Å². The van der Waals surface area contributed by atoms with Crippen LogP contribution in [0.15, 0.2) is 42.5 Å². The highest BCUT2D eigenvalue weighted by Crippen LogP contribution is 2.36. The molecule has 0 aromatic heterocycles. The number of hydrogen-bond acceptors (Lipinski definition) is 5. The zero-order valence-electron chi connectivity index (χ0n) is 23.0. The molecule has 0 aliphatic carbocycles. The summed E-state index contributed by atoms with van der Waals surface area (Å²) >= 11 is 6.19. The molecule has 1 saturated heterocycles. The SMILES string of the molecule is Cc1ccc(Cl)cc1N1CCN(C[C@H](O)COCCOc2ccc(C(C)(C)CC(C)(C)C)cc2)CC1. The van der Waals surface area contributed by atoms with E-state index < -0.39 is 6.10 Å². The number of anilines is 1. The van der Waals surface area contributed by atoms with Gasteiger partial charge in [-0.05, 0) is 59.6 Å². The van der Waals surface area contributed by atoms with E-state index >= 15 is 0 Å². The summed E-state index contributed by atoms with van der Waals surface area (Å²) < 4.78 is 11.5. The number of aliphatic hydroxyl groups is 1. The molecule has 1 fully saturated rings. The molecule has 3 rings (SSSR count). The van der Waals surface area contributed by atoms with E-state index in [4.69, 9.17) is 21.1 Å². The fourth-order valence-corrected chi connectivity index (χ4v) is 5.48. The number of benzene rings is 2. The molecule has 200 valence electrons. The van der Waals surface area contributed by atoms with Crippen LogP contribution in [0.1, 0.15) is 52.2 Å². The molecule has 0 saturated carbocycles. The number of hydrogen-bond donors (Lipinski definition) is 1. The van der Waals surface area contributed by atoms with Gasteiger partial charge in [0.05, 0.1) is 19.3 Å². The molecule has 1 N–H and O–H groups in total. The number of piperazine rings is 1. The van der Waals surface area contributed by atoms with E-state index in [1.165, 1.54) is 16.8 Å². The summed E-state index contributed by atoms with van der Waals surface area (Å²) in [5.74, 6) is 0.849. The lowest BCUT2D eigenvalue weighted by Gasteiger charge is -2.37. The molecule has 0 unspecified atom stereocenters. The quantitative estimate of drug-likeness (QED) is 0.374. The zero-order valence-corrected chi connectivity index (χ0v) is 23.8. The number of aliphatic hydroxyl groups excluding tert-OH is 1. The zero-order chi connectivity index (χ0) is 26.3. The highest BCUT2D eigenvalue weighted by atomic mass is 35.5. The molecule has 0 spiro atoms. The molecule has 2 aromatic rings. The standard InChI is InChI=1S/C30H45ClN2O3/c1-23-7-10-25(31)19-28(23)33-15-13-32(14-16-33)20-26(34)21-35-17-18-36-27-11-8-24(9-12-27)30(5,6)22-29(2,3)4/h7-12,19,26,34H,13-18,20-22H2,1-6H3/t26-/m0/s1. The van der Waals surface area contributed by atoms with Crippen LogP contribution in [0.4, 0.5) is 5.69 Å². The van der Waals surface area contributed by atoms with Gasteiger partial charge in [-0.1, -0.05) is 64.4 Å². The van der Waals surface area contributed by atoms with Crippen LogP contribution < -0.4 is 9.64 Å². The lowest BCUT2D eigenvalue weighted by molar-refractivity contribution is 0.00718. The summed E-state index contributed by atoms with van der Waals surface area (Å²) in [7, 11) is 0. The van der Waals surface area contributed by atoms with Crippen molar-refractivity contribution in [3.63, 3.8) is 0 Å². The number of ether oxygens (including phenoxy) is 2. The Kier molecular flexibility index (Phi) is 10.1. The van der Waals surface area contributed by atoms with E-state index in [9.17, 15) is 5.11 Å². The van der Waals surface area contributed by atoms with Crippen molar-refractivity contribution >= 4 is 17.3 Å². The highest BCUT2D eigenvalue weighted by molar-refractivity contribution is 6.30. The Hall–Kier alpha value is -1.79. The van der Waals surface area contributed by atoms with Crippen LogP contribution in [0.5, 0.6) is 5.75 Å². The monoisotopic (exact) mass is 516 g/mol. The minimum absolute atomic E-state index is 0.122. The first-order valence-electron chi connectivity index (χ1n) is 13.2. The Bertz CT molecular complexity index is 948. The van der Waals surface area contributed by atoms with Crippen molar-refractivity contribution in [2.24, 2.45) is 5.41 Å². The van der Waals surface area contributed by atoms with Crippen LogP contribution >= 0.6 is 11.6 Å². The van der Waals surface area contributed by atoms with Crippen molar-refractivity contribution in [1.29, 1.82) is 0 Å². The molecular weight excluding hydrogens is 472 g/mol. The van der Waals surface area contributed by atoms with E-state index in [2.05, 4.69) is 69.5 Å². The van der Waals surface area contributed by atoms with Gasteiger partial charge in [-0.25, -0.2) is 0 Å². The first-order valence-corrected chi connectivity index (χ1v) is 13.5. The van der Waals surface area contributed by atoms with Crippen molar-refractivity contribution in [1.82, 2.24) is 4.90 Å². The molecule has 1 atom stereocenters. The average molecular weight is 517 g/mol. The maximum atomic E-state index is 10.4. The van der Waals surface area contributed by atoms with E-state index in [0.717, 1.165) is 43.4 Å². The molecule has 0 radical (unpaired) electrons. The van der Waals surface area contributed by atoms with Crippen molar-refractivity contribution in [2.75, 3.05) is 57.4 Å². The molecule has 1 aliphatic rings. The van der Waals surface area contributed by atoms with Gasteiger partial charge < -0.3 is 19.5 Å². The predicted molar refractivity (Wildman–Crippen MR) is 151 cm³/mol. The van der Waals surface area contributed by atoms with E-state index in [1.54, 1.807) is 0 Å². The molecule has 6 heteroatoms. The summed E-state index contributed by atoms with van der Waals surface area (Å²) in [4.78, 5) is 4.67. The van der Waals surface area contributed by atoms with Gasteiger partial charge >= 0.3 is 0 Å². The Labute approximate surface area is 223 Å². The fraction of sp³-hybridized carbons (Fsp3) is 0.600. The van der Waals surface area contributed by atoms with Gasteiger partial charge in [0.15, 0.2) is 0 Å². The minimum atomic E-state index is -0.506. The third-order valence-corrected chi connectivity index (χ3v) is 7.00. The van der Waals surface area contributed by atoms with Crippen LogP contribution in [0.3, 0.4) is 0 Å². The predicted octanol–water partition coefficient (Wildman–Crippen LogP) is 5.94. The van der Waals surface area contributed by atoms with E-state index in [-0.39, 0.29) is 10.8 Å². The Morgan fingerprint density at radius 3 is 2.25 bits per heavy atom. The molecular formula is C30H45ClN2O3. The lowest BCUT2D eigenvalue weighted by Crippen LogP contribution is -2.49. The first kappa shape index (κ1) is 28.8. The Morgan fingerprint density at radius 2 is 1.61 bits per heavy atom. The van der Waals surface area contributed by atoms with Crippen LogP contribution in [0.25, 0.3) is 0 Å². The molecule has 1 heterocycles. The average Bonchev–Trinajstić information content (AvgIpc) is 2.80. The second-order valence-corrected chi connectivity index (χ2v) is 12.4. The van der Waals surface area contributed by atoms with Gasteiger partial charge in [0.1, 0.15) is 12.4 Å². The van der Waals surface area contributed by atoms with Crippen molar-refractivity contribution in [2.45, 2.75) is 59.5 Å². The maximum Gasteiger partial charge on any atom is 0.119 e.